The minimum Gasteiger partial charge on any atom is -0.326 e. The number of amides is 1. The number of carbonyl (C=O) groups is 1. The molecule has 0 bridgehead atoms. The Labute approximate surface area is 124 Å². The zero-order valence-corrected chi connectivity index (χ0v) is 13.0. The summed E-state index contributed by atoms with van der Waals surface area (Å²) in [5.74, 6) is -1.18. The van der Waals surface area contributed by atoms with Crippen molar-refractivity contribution in [3.63, 3.8) is 0 Å². The van der Waals surface area contributed by atoms with Gasteiger partial charge in [0.05, 0.1) is 4.90 Å². The molecule has 0 radical (unpaired) electrons. The van der Waals surface area contributed by atoms with Crippen LogP contribution in [0.2, 0.25) is 0 Å². The molecule has 3 N–H and O–H groups in total. The van der Waals surface area contributed by atoms with Crippen LogP contribution in [0.15, 0.2) is 23.1 Å². The third kappa shape index (κ3) is 5.43. The SMILES string of the molecule is CCCCC(CC)C(=O)Nc1cc(F)cc(S(N)(=O)=O)c1. The smallest absolute Gasteiger partial charge is 0.238 e. The van der Waals surface area contributed by atoms with Gasteiger partial charge >= 0.3 is 0 Å². The summed E-state index contributed by atoms with van der Waals surface area (Å²) in [4.78, 5) is 11.7. The van der Waals surface area contributed by atoms with E-state index in [1.54, 1.807) is 0 Å². The Morgan fingerprint density at radius 2 is 2.00 bits per heavy atom. The summed E-state index contributed by atoms with van der Waals surface area (Å²) in [7, 11) is -4.01. The highest BCUT2D eigenvalue weighted by molar-refractivity contribution is 7.89. The van der Waals surface area contributed by atoms with Gasteiger partial charge in [0, 0.05) is 11.6 Å². The number of carbonyl (C=O) groups excluding carboxylic acids is 1. The average molecular weight is 316 g/mol. The topological polar surface area (TPSA) is 89.3 Å². The van der Waals surface area contributed by atoms with Crippen LogP contribution in [0.4, 0.5) is 10.1 Å². The summed E-state index contributed by atoms with van der Waals surface area (Å²) in [5.41, 5.74) is 0.0963. The second-order valence-electron chi connectivity index (χ2n) is 4.96. The van der Waals surface area contributed by atoms with Crippen molar-refractivity contribution in [2.75, 3.05) is 5.32 Å². The van der Waals surface area contributed by atoms with Crippen molar-refractivity contribution in [1.82, 2.24) is 0 Å². The van der Waals surface area contributed by atoms with Gasteiger partial charge in [0.1, 0.15) is 5.82 Å². The minimum atomic E-state index is -4.01. The highest BCUT2D eigenvalue weighted by Crippen LogP contribution is 2.20. The number of anilines is 1. The molecule has 1 aromatic carbocycles. The fourth-order valence-electron chi connectivity index (χ4n) is 2.01. The number of rotatable bonds is 7. The molecule has 1 aromatic rings. The van der Waals surface area contributed by atoms with Gasteiger partial charge in [-0.15, -0.1) is 0 Å². The van der Waals surface area contributed by atoms with Gasteiger partial charge in [-0.2, -0.15) is 0 Å². The zero-order chi connectivity index (χ0) is 16.0. The summed E-state index contributed by atoms with van der Waals surface area (Å²) in [6.45, 7) is 3.94. The third-order valence-corrected chi connectivity index (χ3v) is 4.13. The van der Waals surface area contributed by atoms with Crippen LogP contribution in [0.5, 0.6) is 0 Å². The number of nitrogens with two attached hydrogens (primary N) is 1. The van der Waals surface area contributed by atoms with Gasteiger partial charge in [-0.3, -0.25) is 4.79 Å². The van der Waals surface area contributed by atoms with Gasteiger partial charge in [0.2, 0.25) is 15.9 Å². The van der Waals surface area contributed by atoms with E-state index in [4.69, 9.17) is 5.14 Å². The molecule has 0 aliphatic carbocycles. The van der Waals surface area contributed by atoms with Crippen molar-refractivity contribution in [2.24, 2.45) is 11.1 Å². The Bertz CT molecular complexity index is 602. The molecule has 1 rings (SSSR count). The van der Waals surface area contributed by atoms with E-state index < -0.39 is 15.8 Å². The lowest BCUT2D eigenvalue weighted by Gasteiger charge is -2.15. The van der Waals surface area contributed by atoms with Crippen molar-refractivity contribution in [3.8, 4) is 0 Å². The monoisotopic (exact) mass is 316 g/mol. The van der Waals surface area contributed by atoms with Crippen LogP contribution in [-0.4, -0.2) is 14.3 Å². The summed E-state index contributed by atoms with van der Waals surface area (Å²) in [6.07, 6.45) is 3.33. The van der Waals surface area contributed by atoms with E-state index in [9.17, 15) is 17.6 Å². The van der Waals surface area contributed by atoms with Crippen molar-refractivity contribution in [1.29, 1.82) is 0 Å². The van der Waals surface area contributed by atoms with Gasteiger partial charge < -0.3 is 5.32 Å². The molecule has 0 fully saturated rings. The minimum absolute atomic E-state index is 0.0963. The number of hydrogen-bond donors (Lipinski definition) is 2. The van der Waals surface area contributed by atoms with E-state index >= 15 is 0 Å². The summed E-state index contributed by atoms with van der Waals surface area (Å²) >= 11 is 0. The molecule has 0 aliphatic heterocycles. The molecular weight excluding hydrogens is 295 g/mol. The predicted molar refractivity (Wildman–Crippen MR) is 79.7 cm³/mol. The molecule has 5 nitrogen and oxygen atoms in total. The number of primary sulfonamides is 1. The van der Waals surface area contributed by atoms with Crippen LogP contribution in [0.1, 0.15) is 39.5 Å². The maximum atomic E-state index is 13.4. The van der Waals surface area contributed by atoms with Crippen molar-refractivity contribution in [3.05, 3.63) is 24.0 Å². The van der Waals surface area contributed by atoms with Gasteiger partial charge in [-0.25, -0.2) is 17.9 Å². The van der Waals surface area contributed by atoms with E-state index in [0.29, 0.717) is 6.42 Å². The number of hydrogen-bond acceptors (Lipinski definition) is 3. The molecule has 0 spiro atoms. The van der Waals surface area contributed by atoms with Gasteiger partial charge in [0.15, 0.2) is 0 Å². The van der Waals surface area contributed by atoms with E-state index in [1.807, 2.05) is 13.8 Å². The second kappa shape index (κ2) is 7.51. The highest BCUT2D eigenvalue weighted by Gasteiger charge is 2.17. The largest absolute Gasteiger partial charge is 0.326 e. The second-order valence-corrected chi connectivity index (χ2v) is 6.52. The molecule has 0 saturated carbocycles. The standard InChI is InChI=1S/C14H21FN2O3S/c1-3-5-6-10(4-2)14(18)17-12-7-11(15)8-13(9-12)21(16,19)20/h7-10H,3-6H2,1-2H3,(H,17,18)(H2,16,19,20). The van der Waals surface area contributed by atoms with E-state index in [-0.39, 0.29) is 22.4 Å². The molecule has 1 unspecified atom stereocenters. The predicted octanol–water partition coefficient (Wildman–Crippen LogP) is 2.63. The quantitative estimate of drug-likeness (QED) is 0.810. The summed E-state index contributed by atoms with van der Waals surface area (Å²) < 4.78 is 35.9. The maximum Gasteiger partial charge on any atom is 0.238 e. The fraction of sp³-hybridized carbons (Fsp3) is 0.500. The Balaban J connectivity index is 2.92. The Kier molecular flexibility index (Phi) is 6.29. The first kappa shape index (κ1) is 17.6. The van der Waals surface area contributed by atoms with E-state index in [0.717, 1.165) is 37.5 Å². The fourth-order valence-corrected chi connectivity index (χ4v) is 2.58. The molecule has 1 amide bonds. The van der Waals surface area contributed by atoms with Gasteiger partial charge in [-0.1, -0.05) is 26.7 Å². The lowest BCUT2D eigenvalue weighted by atomic mass is 9.98. The average Bonchev–Trinajstić information content (AvgIpc) is 2.37. The first-order valence-corrected chi connectivity index (χ1v) is 8.46. The Hall–Kier alpha value is -1.47. The van der Waals surface area contributed by atoms with Crippen LogP contribution in [0.3, 0.4) is 0 Å². The Morgan fingerprint density at radius 1 is 1.33 bits per heavy atom. The molecule has 0 aromatic heterocycles. The van der Waals surface area contributed by atoms with Gasteiger partial charge in [0.25, 0.3) is 0 Å². The van der Waals surface area contributed by atoms with Crippen LogP contribution < -0.4 is 10.5 Å². The van der Waals surface area contributed by atoms with E-state index in [1.165, 1.54) is 0 Å². The molecule has 21 heavy (non-hydrogen) atoms. The normalized spacial score (nSPS) is 13.0. The van der Waals surface area contributed by atoms with Crippen LogP contribution in [0.25, 0.3) is 0 Å². The summed E-state index contributed by atoms with van der Waals surface area (Å²) in [5, 5.41) is 7.53. The van der Waals surface area contributed by atoms with Crippen LogP contribution in [0, 0.1) is 11.7 Å². The molecular formula is C14H21FN2O3S. The summed E-state index contributed by atoms with van der Waals surface area (Å²) in [6, 6.07) is 3.04. The highest BCUT2D eigenvalue weighted by atomic mass is 32.2. The molecule has 0 saturated heterocycles. The molecule has 0 aliphatic rings. The van der Waals surface area contributed by atoms with Crippen LogP contribution in [-0.2, 0) is 14.8 Å². The number of halogens is 1. The van der Waals surface area contributed by atoms with E-state index in [2.05, 4.69) is 5.32 Å². The van der Waals surface area contributed by atoms with Crippen molar-refractivity contribution in [2.45, 2.75) is 44.4 Å². The number of nitrogens with one attached hydrogen (secondary N) is 1. The van der Waals surface area contributed by atoms with Crippen molar-refractivity contribution < 1.29 is 17.6 Å². The first-order chi connectivity index (χ1) is 9.77. The number of unbranched alkanes of at least 4 members (excludes halogenated alkanes) is 1. The van der Waals surface area contributed by atoms with Crippen LogP contribution >= 0.6 is 0 Å². The van der Waals surface area contributed by atoms with Crippen molar-refractivity contribution >= 4 is 21.6 Å². The molecule has 1 atom stereocenters. The molecule has 118 valence electrons. The zero-order valence-electron chi connectivity index (χ0n) is 12.2. The lowest BCUT2D eigenvalue weighted by Crippen LogP contribution is -2.22. The number of sulfonamides is 1. The molecule has 0 heterocycles. The Morgan fingerprint density at radius 3 is 2.52 bits per heavy atom. The first-order valence-electron chi connectivity index (χ1n) is 6.92. The third-order valence-electron chi connectivity index (χ3n) is 3.24. The molecule has 7 heteroatoms. The maximum absolute atomic E-state index is 13.4. The lowest BCUT2D eigenvalue weighted by molar-refractivity contribution is -0.120. The van der Waals surface area contributed by atoms with Gasteiger partial charge in [-0.05, 0) is 31.0 Å². The number of benzene rings is 1.